The summed E-state index contributed by atoms with van der Waals surface area (Å²) < 4.78 is 0. The van der Waals surface area contributed by atoms with Crippen molar-refractivity contribution in [3.63, 3.8) is 0 Å². The number of halogens is 3. The number of hydrogen-bond acceptors (Lipinski definition) is 6. The van der Waals surface area contributed by atoms with Gasteiger partial charge in [-0.2, -0.15) is 4.98 Å². The van der Waals surface area contributed by atoms with Crippen molar-refractivity contribution in [2.75, 3.05) is 36.4 Å². The molecular weight excluding hydrogens is 545 g/mol. The summed E-state index contributed by atoms with van der Waals surface area (Å²) in [7, 11) is 0. The molecule has 2 saturated heterocycles. The van der Waals surface area contributed by atoms with Gasteiger partial charge in [0.1, 0.15) is 5.02 Å². The molecule has 2 N–H and O–H groups in total. The van der Waals surface area contributed by atoms with Crippen LogP contribution in [0.15, 0.2) is 24.4 Å². The number of hydrogen-bond donors (Lipinski definition) is 2. The zero-order valence-corrected chi connectivity index (χ0v) is 24.8. The lowest BCUT2D eigenvalue weighted by Crippen LogP contribution is -2.46. The number of piperidine rings is 1. The van der Waals surface area contributed by atoms with Gasteiger partial charge in [0.2, 0.25) is 5.95 Å². The number of aliphatic carboxylic acids is 1. The molecule has 2 fully saturated rings. The highest BCUT2D eigenvalue weighted by atomic mass is 35.5. The molecule has 2 aromatic rings. The Bertz CT molecular complexity index is 1150. The third kappa shape index (κ3) is 6.85. The number of carboxylic acid groups (broad SMARTS) is 1. The number of rotatable bonds is 9. The first kappa shape index (κ1) is 29.2. The van der Waals surface area contributed by atoms with Crippen LogP contribution in [0.2, 0.25) is 15.1 Å². The smallest absolute Gasteiger partial charge is 0.309 e. The molecule has 0 saturated carbocycles. The number of nitrogens with zero attached hydrogens (tertiary/aromatic N) is 4. The molecule has 3 heterocycles. The number of carbonyl (C=O) groups is 1. The van der Waals surface area contributed by atoms with Gasteiger partial charge in [0.25, 0.3) is 0 Å². The molecule has 7 nitrogen and oxygen atoms in total. The fourth-order valence-corrected chi connectivity index (χ4v) is 6.60. The predicted octanol–water partition coefficient (Wildman–Crippen LogP) is 7.04. The van der Waals surface area contributed by atoms with Crippen LogP contribution in [0, 0.1) is 17.3 Å². The van der Waals surface area contributed by atoms with Gasteiger partial charge in [0.05, 0.1) is 17.7 Å². The highest BCUT2D eigenvalue weighted by Gasteiger charge is 2.37. The molecule has 3 unspecified atom stereocenters. The molecule has 208 valence electrons. The Balaban J connectivity index is 1.39. The van der Waals surface area contributed by atoms with E-state index in [4.69, 9.17) is 39.8 Å². The van der Waals surface area contributed by atoms with Crippen LogP contribution in [0.1, 0.15) is 65.0 Å². The molecule has 38 heavy (non-hydrogen) atoms. The van der Waals surface area contributed by atoms with E-state index in [1.807, 2.05) is 32.9 Å². The van der Waals surface area contributed by atoms with E-state index >= 15 is 0 Å². The first-order chi connectivity index (χ1) is 17.9. The summed E-state index contributed by atoms with van der Waals surface area (Å²) in [6.45, 7) is 11.7. The van der Waals surface area contributed by atoms with E-state index in [1.165, 1.54) is 6.42 Å². The Morgan fingerprint density at radius 3 is 2.58 bits per heavy atom. The third-order valence-electron chi connectivity index (χ3n) is 8.19. The van der Waals surface area contributed by atoms with Gasteiger partial charge in [-0.05, 0) is 89.5 Å². The molecule has 0 spiro atoms. The van der Waals surface area contributed by atoms with Crippen LogP contribution in [0.25, 0.3) is 0 Å². The molecule has 10 heteroatoms. The number of carboxylic acids is 1. The minimum Gasteiger partial charge on any atom is -0.481 e. The summed E-state index contributed by atoms with van der Waals surface area (Å²) in [5.41, 5.74) is 0.196. The van der Waals surface area contributed by atoms with Gasteiger partial charge in [-0.25, -0.2) is 4.98 Å². The van der Waals surface area contributed by atoms with Crippen molar-refractivity contribution < 1.29 is 9.90 Å². The normalized spacial score (nSPS) is 22.3. The second-order valence-corrected chi connectivity index (χ2v) is 12.8. The lowest BCUT2D eigenvalue weighted by atomic mass is 9.82. The van der Waals surface area contributed by atoms with Crippen molar-refractivity contribution >= 4 is 52.5 Å². The minimum atomic E-state index is -0.730. The van der Waals surface area contributed by atoms with E-state index in [1.54, 1.807) is 12.3 Å². The number of benzene rings is 1. The van der Waals surface area contributed by atoms with E-state index in [0.29, 0.717) is 45.1 Å². The van der Waals surface area contributed by atoms with Gasteiger partial charge in [-0.3, -0.25) is 4.79 Å². The maximum atomic E-state index is 11.6. The number of anilines is 2. The summed E-state index contributed by atoms with van der Waals surface area (Å²) in [4.78, 5) is 25.7. The Kier molecular flexibility index (Phi) is 9.34. The average molecular weight is 583 g/mol. The van der Waals surface area contributed by atoms with E-state index in [-0.39, 0.29) is 12.1 Å². The molecule has 0 bridgehead atoms. The molecule has 1 aromatic heterocycles. The Labute approximate surface area is 240 Å². The maximum absolute atomic E-state index is 11.6. The van der Waals surface area contributed by atoms with Crippen molar-refractivity contribution in [1.29, 1.82) is 0 Å². The second-order valence-electron chi connectivity index (χ2n) is 11.5. The van der Waals surface area contributed by atoms with Crippen LogP contribution in [0.5, 0.6) is 0 Å². The summed E-state index contributed by atoms with van der Waals surface area (Å²) in [6, 6.07) is 5.57. The van der Waals surface area contributed by atoms with Crippen molar-refractivity contribution in [3.05, 3.63) is 45.0 Å². The first-order valence-corrected chi connectivity index (χ1v) is 14.5. The summed E-state index contributed by atoms with van der Waals surface area (Å²) in [5, 5.41) is 14.6. The van der Waals surface area contributed by atoms with Gasteiger partial charge < -0.3 is 20.2 Å². The molecule has 1 aromatic carbocycles. The highest BCUT2D eigenvalue weighted by molar-refractivity contribution is 6.35. The molecule has 0 radical (unpaired) electrons. The van der Waals surface area contributed by atoms with Crippen LogP contribution in [-0.2, 0) is 4.79 Å². The molecule has 2 aliphatic heterocycles. The van der Waals surface area contributed by atoms with E-state index in [2.05, 4.69) is 27.0 Å². The molecule has 2 aliphatic rings. The maximum Gasteiger partial charge on any atom is 0.309 e. The fraction of sp³-hybridized carbons (Fsp3) is 0.607. The van der Waals surface area contributed by atoms with Crippen molar-refractivity contribution in [3.8, 4) is 0 Å². The SMILES string of the molecule is CC(CC(C)(C)C(=O)O)N1CCCC(C2CCN(c3ncc(Cl)c(N[C@H](C)c4ccc(Cl)cc4Cl)n3)C2)C1. The third-order valence-corrected chi connectivity index (χ3v) is 9.02. The summed E-state index contributed by atoms with van der Waals surface area (Å²) in [5.74, 6) is 1.67. The standard InChI is InChI=1S/C28H38Cl3N5O2/c1-17(13-28(3,4)26(37)38)35-10-5-6-19(15-35)20-9-11-36(16-20)27-32-14-24(31)25(34-27)33-18(2)22-8-7-21(29)12-23(22)30/h7-8,12,14,17-20H,5-6,9-11,13,15-16H2,1-4H3,(H,37,38)(H,32,33,34)/t17?,18-,19?,20?/m1/s1. The van der Waals surface area contributed by atoms with Gasteiger partial charge in [0, 0.05) is 35.7 Å². The highest BCUT2D eigenvalue weighted by Crippen LogP contribution is 2.36. The van der Waals surface area contributed by atoms with Crippen molar-refractivity contribution in [2.45, 2.75) is 65.5 Å². The Morgan fingerprint density at radius 2 is 1.87 bits per heavy atom. The summed E-state index contributed by atoms with van der Waals surface area (Å²) in [6.07, 6.45) is 5.76. The first-order valence-electron chi connectivity index (χ1n) is 13.4. The predicted molar refractivity (Wildman–Crippen MR) is 156 cm³/mol. The van der Waals surface area contributed by atoms with Gasteiger partial charge in [-0.1, -0.05) is 40.9 Å². The van der Waals surface area contributed by atoms with E-state index in [0.717, 1.165) is 44.6 Å². The largest absolute Gasteiger partial charge is 0.481 e. The molecule has 4 atom stereocenters. The van der Waals surface area contributed by atoms with Crippen molar-refractivity contribution in [1.82, 2.24) is 14.9 Å². The van der Waals surface area contributed by atoms with Gasteiger partial charge in [0.15, 0.2) is 5.82 Å². The monoisotopic (exact) mass is 581 g/mol. The second kappa shape index (κ2) is 12.2. The summed E-state index contributed by atoms with van der Waals surface area (Å²) >= 11 is 18.9. The minimum absolute atomic E-state index is 0.118. The van der Waals surface area contributed by atoms with Crippen LogP contribution >= 0.6 is 34.8 Å². The Hall–Kier alpha value is -1.80. The number of nitrogens with one attached hydrogen (secondary N) is 1. The zero-order chi connectivity index (χ0) is 27.6. The van der Waals surface area contributed by atoms with E-state index < -0.39 is 11.4 Å². The quantitative estimate of drug-likeness (QED) is 0.328. The lowest BCUT2D eigenvalue weighted by molar-refractivity contribution is -0.148. The van der Waals surface area contributed by atoms with Crippen LogP contribution in [-0.4, -0.2) is 58.2 Å². The van der Waals surface area contributed by atoms with Crippen LogP contribution in [0.4, 0.5) is 11.8 Å². The fourth-order valence-electron chi connectivity index (χ4n) is 5.88. The zero-order valence-electron chi connectivity index (χ0n) is 22.6. The van der Waals surface area contributed by atoms with Gasteiger partial charge in [-0.15, -0.1) is 0 Å². The van der Waals surface area contributed by atoms with Gasteiger partial charge >= 0.3 is 5.97 Å². The average Bonchev–Trinajstić information content (AvgIpc) is 3.35. The Morgan fingerprint density at radius 1 is 1.13 bits per heavy atom. The van der Waals surface area contributed by atoms with Crippen LogP contribution < -0.4 is 10.2 Å². The molecule has 0 aliphatic carbocycles. The van der Waals surface area contributed by atoms with E-state index in [9.17, 15) is 9.90 Å². The topological polar surface area (TPSA) is 81.6 Å². The van der Waals surface area contributed by atoms with Crippen molar-refractivity contribution in [2.24, 2.45) is 17.3 Å². The number of aromatic nitrogens is 2. The number of likely N-dealkylation sites (tertiary alicyclic amines) is 1. The van der Waals surface area contributed by atoms with Crippen LogP contribution in [0.3, 0.4) is 0 Å². The molecular formula is C28H38Cl3N5O2. The molecule has 4 rings (SSSR count). The molecule has 0 amide bonds. The lowest BCUT2D eigenvalue weighted by Gasteiger charge is -2.40.